The summed E-state index contributed by atoms with van der Waals surface area (Å²) in [4.78, 5) is 24.6. The second-order valence-electron chi connectivity index (χ2n) is 2.77. The highest BCUT2D eigenvalue weighted by Crippen LogP contribution is 2.25. The first-order chi connectivity index (χ1) is 7.18. The number of nitrogens with one attached hydrogen (secondary N) is 1. The Labute approximate surface area is 87.2 Å². The normalized spacial score (nSPS) is 12.5. The smallest absolute Gasteiger partial charge is 0.438 e. The van der Waals surface area contributed by atoms with Gasteiger partial charge in [0.2, 0.25) is 0 Å². The quantitative estimate of drug-likeness (QED) is 0.800. The second-order valence-corrected chi connectivity index (χ2v) is 3.75. The third-order valence-corrected chi connectivity index (χ3v) is 2.74. The molecule has 1 unspecified atom stereocenters. The number of aromatic amines is 1. The van der Waals surface area contributed by atoms with E-state index in [9.17, 15) is 9.59 Å². The third-order valence-electron chi connectivity index (χ3n) is 1.81. The summed E-state index contributed by atoms with van der Waals surface area (Å²) in [6, 6.07) is 3.39. The van der Waals surface area contributed by atoms with Gasteiger partial charge in [0.1, 0.15) is 0 Å². The van der Waals surface area contributed by atoms with Crippen molar-refractivity contribution in [2.45, 2.75) is 5.92 Å². The van der Waals surface area contributed by atoms with Crippen LogP contribution in [0.1, 0.15) is 16.6 Å². The largest absolute Gasteiger partial charge is 0.480 e. The molecular weight excluding hydrogens is 220 g/mol. The molecule has 2 heterocycles. The van der Waals surface area contributed by atoms with Gasteiger partial charge in [0, 0.05) is 4.88 Å². The summed E-state index contributed by atoms with van der Waals surface area (Å²) in [5.41, 5.74) is 0. The Hall–Kier alpha value is -1.89. The average Bonchev–Trinajstić information content (AvgIpc) is 2.77. The number of rotatable bonds is 3. The lowest BCUT2D eigenvalue weighted by Gasteiger charge is -2.04. The fraction of sp³-hybridized carbons (Fsp3) is 0.125. The lowest BCUT2D eigenvalue weighted by atomic mass is 10.1. The molecule has 0 aliphatic carbocycles. The van der Waals surface area contributed by atoms with E-state index in [0.29, 0.717) is 4.88 Å². The Morgan fingerprint density at radius 2 is 2.47 bits per heavy atom. The van der Waals surface area contributed by atoms with Crippen molar-refractivity contribution in [3.63, 3.8) is 0 Å². The second kappa shape index (κ2) is 3.70. The fourth-order valence-corrected chi connectivity index (χ4v) is 2.01. The number of hydrogen-bond acceptors (Lipinski definition) is 5. The van der Waals surface area contributed by atoms with Crippen molar-refractivity contribution in [1.29, 1.82) is 0 Å². The Kier molecular flexibility index (Phi) is 2.38. The standard InChI is InChI=1S/C8H6N2O4S/c11-7(12)5(4-2-1-3-15-4)6-9-8(13)14-10-6/h1-3,5H,(H,11,12)(H,9,10,13). The average molecular weight is 226 g/mol. The van der Waals surface area contributed by atoms with Gasteiger partial charge >= 0.3 is 11.7 Å². The summed E-state index contributed by atoms with van der Waals surface area (Å²) in [5, 5.41) is 14.1. The van der Waals surface area contributed by atoms with Crippen molar-refractivity contribution in [3.05, 3.63) is 38.8 Å². The maximum Gasteiger partial charge on any atom is 0.438 e. The minimum absolute atomic E-state index is 0.00921. The summed E-state index contributed by atoms with van der Waals surface area (Å²) in [7, 11) is 0. The predicted octanol–water partition coefficient (Wildman–Crippen LogP) is 0.641. The predicted molar refractivity (Wildman–Crippen MR) is 50.9 cm³/mol. The number of carbonyl (C=O) groups is 1. The van der Waals surface area contributed by atoms with E-state index in [1.54, 1.807) is 17.5 Å². The maximum absolute atomic E-state index is 11.0. The number of H-pyrrole nitrogens is 1. The molecule has 0 radical (unpaired) electrons. The number of carboxylic acid groups (broad SMARTS) is 1. The minimum Gasteiger partial charge on any atom is -0.480 e. The van der Waals surface area contributed by atoms with Crippen LogP contribution in [-0.2, 0) is 4.79 Å². The Morgan fingerprint density at radius 1 is 1.67 bits per heavy atom. The Balaban J connectivity index is 2.45. The SMILES string of the molecule is O=C(O)C(c1noc(=O)[nH]1)c1cccs1. The highest BCUT2D eigenvalue weighted by Gasteiger charge is 2.27. The maximum atomic E-state index is 11.0. The van der Waals surface area contributed by atoms with E-state index < -0.39 is 17.6 Å². The van der Waals surface area contributed by atoms with Gasteiger partial charge in [-0.3, -0.25) is 14.3 Å². The molecule has 0 saturated carbocycles. The fourth-order valence-electron chi connectivity index (χ4n) is 1.19. The summed E-state index contributed by atoms with van der Waals surface area (Å²) >= 11 is 1.28. The van der Waals surface area contributed by atoms with Gasteiger partial charge in [0.25, 0.3) is 0 Å². The van der Waals surface area contributed by atoms with Crippen LogP contribution < -0.4 is 5.76 Å². The van der Waals surface area contributed by atoms with Crippen molar-refractivity contribution in [1.82, 2.24) is 10.1 Å². The molecule has 1 atom stereocenters. The molecule has 0 saturated heterocycles. The topological polar surface area (TPSA) is 96.2 Å². The molecule has 2 rings (SSSR count). The van der Waals surface area contributed by atoms with Crippen molar-refractivity contribution in [2.75, 3.05) is 0 Å². The first kappa shape index (κ1) is 9.66. The van der Waals surface area contributed by atoms with E-state index in [2.05, 4.69) is 14.7 Å². The number of aromatic nitrogens is 2. The molecule has 2 aromatic heterocycles. The number of thiophene rings is 1. The van der Waals surface area contributed by atoms with Gasteiger partial charge < -0.3 is 5.11 Å². The van der Waals surface area contributed by atoms with Gasteiger partial charge in [-0.05, 0) is 11.4 Å². The zero-order chi connectivity index (χ0) is 10.8. The Morgan fingerprint density at radius 3 is 2.93 bits per heavy atom. The van der Waals surface area contributed by atoms with Crippen LogP contribution in [-0.4, -0.2) is 21.2 Å². The van der Waals surface area contributed by atoms with Crippen LogP contribution in [0.3, 0.4) is 0 Å². The summed E-state index contributed by atoms with van der Waals surface area (Å²) in [6.07, 6.45) is 0. The molecule has 78 valence electrons. The molecule has 0 fully saturated rings. The van der Waals surface area contributed by atoms with Crippen molar-refractivity contribution >= 4 is 17.3 Å². The van der Waals surface area contributed by atoms with Crippen LogP contribution in [0.25, 0.3) is 0 Å². The van der Waals surface area contributed by atoms with Crippen LogP contribution in [0.4, 0.5) is 0 Å². The molecule has 0 aromatic carbocycles. The monoisotopic (exact) mass is 226 g/mol. The summed E-state index contributed by atoms with van der Waals surface area (Å²) < 4.78 is 4.27. The van der Waals surface area contributed by atoms with E-state index in [1.165, 1.54) is 11.3 Å². The first-order valence-corrected chi connectivity index (χ1v) is 4.88. The van der Waals surface area contributed by atoms with Crippen LogP contribution in [0, 0.1) is 0 Å². The molecule has 0 spiro atoms. The van der Waals surface area contributed by atoms with Crippen LogP contribution in [0.15, 0.2) is 26.8 Å². The van der Waals surface area contributed by atoms with E-state index >= 15 is 0 Å². The third kappa shape index (κ3) is 1.82. The van der Waals surface area contributed by atoms with Gasteiger partial charge in [-0.15, -0.1) is 11.3 Å². The van der Waals surface area contributed by atoms with Crippen LogP contribution in [0.5, 0.6) is 0 Å². The van der Waals surface area contributed by atoms with Gasteiger partial charge in [0.05, 0.1) is 0 Å². The molecule has 15 heavy (non-hydrogen) atoms. The molecule has 2 aromatic rings. The van der Waals surface area contributed by atoms with Crippen molar-refractivity contribution < 1.29 is 14.4 Å². The van der Waals surface area contributed by atoms with E-state index in [0.717, 1.165) is 0 Å². The molecule has 0 aliphatic heterocycles. The van der Waals surface area contributed by atoms with Gasteiger partial charge in [-0.1, -0.05) is 11.2 Å². The summed E-state index contributed by atoms with van der Waals surface area (Å²) in [6.45, 7) is 0. The highest BCUT2D eigenvalue weighted by molar-refractivity contribution is 7.10. The molecule has 0 bridgehead atoms. The van der Waals surface area contributed by atoms with Crippen LogP contribution in [0.2, 0.25) is 0 Å². The van der Waals surface area contributed by atoms with E-state index in [-0.39, 0.29) is 5.82 Å². The molecule has 2 N–H and O–H groups in total. The highest BCUT2D eigenvalue weighted by atomic mass is 32.1. The Bertz CT molecular complexity index is 513. The van der Waals surface area contributed by atoms with E-state index in [1.807, 2.05) is 0 Å². The zero-order valence-corrected chi connectivity index (χ0v) is 8.15. The molecular formula is C8H6N2O4S. The number of aliphatic carboxylic acids is 1. The number of nitrogens with zero attached hydrogens (tertiary/aromatic N) is 1. The molecule has 7 heteroatoms. The van der Waals surface area contributed by atoms with E-state index in [4.69, 9.17) is 5.11 Å². The van der Waals surface area contributed by atoms with Crippen molar-refractivity contribution in [3.8, 4) is 0 Å². The van der Waals surface area contributed by atoms with Gasteiger partial charge in [0.15, 0.2) is 11.7 Å². The minimum atomic E-state index is -1.08. The van der Waals surface area contributed by atoms with Gasteiger partial charge in [-0.2, -0.15) is 0 Å². The van der Waals surface area contributed by atoms with Crippen LogP contribution >= 0.6 is 11.3 Å². The molecule has 0 aliphatic rings. The number of hydrogen-bond donors (Lipinski definition) is 2. The summed E-state index contributed by atoms with van der Waals surface area (Å²) in [5.74, 6) is -2.80. The lowest BCUT2D eigenvalue weighted by Crippen LogP contribution is -2.14. The molecule has 6 nitrogen and oxygen atoms in total. The lowest BCUT2D eigenvalue weighted by molar-refractivity contribution is -0.137. The zero-order valence-electron chi connectivity index (χ0n) is 7.34. The first-order valence-electron chi connectivity index (χ1n) is 4.00. The molecule has 0 amide bonds. The van der Waals surface area contributed by atoms with Crippen molar-refractivity contribution in [2.24, 2.45) is 0 Å². The van der Waals surface area contributed by atoms with Gasteiger partial charge in [-0.25, -0.2) is 4.79 Å². The number of carboxylic acids is 1.